The number of hydrogen-bond donors (Lipinski definition) is 4. The van der Waals surface area contributed by atoms with E-state index < -0.39 is 43.3 Å². The van der Waals surface area contributed by atoms with Gasteiger partial charge in [-0.3, -0.25) is 4.90 Å². The quantitative estimate of drug-likeness (QED) is 0.276. The second-order valence-electron chi connectivity index (χ2n) is 6.59. The van der Waals surface area contributed by atoms with E-state index in [0.717, 1.165) is 19.3 Å². The van der Waals surface area contributed by atoms with Crippen LogP contribution in [0.25, 0.3) is 0 Å². The van der Waals surface area contributed by atoms with Crippen LogP contribution in [-0.4, -0.2) is 92.1 Å². The third-order valence-electron chi connectivity index (χ3n) is 4.95. The van der Waals surface area contributed by atoms with Gasteiger partial charge < -0.3 is 25.2 Å². The number of nitrogens with zero attached hydrogens (tertiary/aromatic N) is 3. The molecule has 2 amide bonds. The highest BCUT2D eigenvalue weighted by Gasteiger charge is 2.49. The van der Waals surface area contributed by atoms with E-state index in [1.807, 2.05) is 0 Å². The van der Waals surface area contributed by atoms with Crippen molar-refractivity contribution in [2.24, 2.45) is 5.29 Å². The Balaban J connectivity index is 2.32. The molecule has 1 saturated carbocycles. The van der Waals surface area contributed by atoms with Crippen molar-refractivity contribution in [1.82, 2.24) is 9.91 Å². The maximum Gasteiger partial charge on any atom is 0.345 e. The molecule has 1 saturated heterocycles. The van der Waals surface area contributed by atoms with Crippen molar-refractivity contribution in [3.63, 3.8) is 0 Å². The SMILES string of the molecule is O=NN(CCCl)C(=O)N(C1CCCCC1)C1O[C@H](CO)[C@H](O)[C@H](O)[C@H]1O. The highest BCUT2D eigenvalue weighted by Crippen LogP contribution is 2.31. The van der Waals surface area contributed by atoms with E-state index in [9.17, 15) is 30.1 Å². The molecule has 11 heteroatoms. The number of ether oxygens (including phenoxy) is 1. The molecule has 10 nitrogen and oxygen atoms in total. The monoisotopic (exact) mass is 395 g/mol. The fourth-order valence-electron chi connectivity index (χ4n) is 3.53. The van der Waals surface area contributed by atoms with Gasteiger partial charge in [0, 0.05) is 11.9 Å². The van der Waals surface area contributed by atoms with Crippen LogP contribution in [0.1, 0.15) is 32.1 Å². The minimum absolute atomic E-state index is 0.00926. The number of halogens is 1. The first-order valence-corrected chi connectivity index (χ1v) is 9.29. The number of urea groups is 1. The van der Waals surface area contributed by atoms with Crippen molar-refractivity contribution in [3.8, 4) is 0 Å². The van der Waals surface area contributed by atoms with E-state index in [2.05, 4.69) is 5.29 Å². The largest absolute Gasteiger partial charge is 0.394 e. The van der Waals surface area contributed by atoms with Gasteiger partial charge in [-0.15, -0.1) is 16.5 Å². The Bertz CT molecular complexity index is 478. The van der Waals surface area contributed by atoms with E-state index in [1.165, 1.54) is 4.90 Å². The van der Waals surface area contributed by atoms with Gasteiger partial charge >= 0.3 is 6.03 Å². The lowest BCUT2D eigenvalue weighted by Crippen LogP contribution is -2.66. The van der Waals surface area contributed by atoms with Crippen LogP contribution in [0, 0.1) is 4.91 Å². The smallest absolute Gasteiger partial charge is 0.345 e. The maximum atomic E-state index is 12.9. The lowest BCUT2D eigenvalue weighted by atomic mass is 9.92. The third kappa shape index (κ3) is 4.44. The number of carbonyl (C=O) groups is 1. The number of rotatable bonds is 6. The summed E-state index contributed by atoms with van der Waals surface area (Å²) < 4.78 is 5.53. The standard InChI is InChI=1S/C15H26ClN3O7/c16-6-7-18(17-25)15(24)19(9-4-2-1-3-5-9)14-13(23)12(22)11(21)10(8-20)26-14/h9-14,20-23H,1-8H2/t10-,11+,12+,13-,14?/m1/s1. The van der Waals surface area contributed by atoms with E-state index in [0.29, 0.717) is 17.9 Å². The lowest BCUT2D eigenvalue weighted by molar-refractivity contribution is -0.263. The van der Waals surface area contributed by atoms with Gasteiger partial charge in [-0.1, -0.05) is 19.3 Å². The van der Waals surface area contributed by atoms with Crippen molar-refractivity contribution >= 4 is 17.6 Å². The molecule has 1 unspecified atom stereocenters. The van der Waals surface area contributed by atoms with Crippen molar-refractivity contribution < 1.29 is 30.0 Å². The summed E-state index contributed by atoms with van der Waals surface area (Å²) in [5, 5.41) is 43.1. The van der Waals surface area contributed by atoms with Gasteiger partial charge in [-0.2, -0.15) is 5.01 Å². The summed E-state index contributed by atoms with van der Waals surface area (Å²) in [6, 6.07) is -1.13. The van der Waals surface area contributed by atoms with Crippen LogP contribution in [-0.2, 0) is 4.74 Å². The maximum absolute atomic E-state index is 12.9. The Morgan fingerprint density at radius 3 is 2.31 bits per heavy atom. The average molecular weight is 396 g/mol. The van der Waals surface area contributed by atoms with Crippen LogP contribution in [0.4, 0.5) is 4.79 Å². The molecule has 1 aliphatic heterocycles. The summed E-state index contributed by atoms with van der Waals surface area (Å²) in [6.45, 7) is -0.726. The molecule has 0 radical (unpaired) electrons. The molecule has 0 bridgehead atoms. The second kappa shape index (κ2) is 9.77. The number of amides is 2. The van der Waals surface area contributed by atoms with Crippen molar-refractivity contribution in [3.05, 3.63) is 4.91 Å². The van der Waals surface area contributed by atoms with Gasteiger partial charge in [0.15, 0.2) is 6.23 Å². The highest BCUT2D eigenvalue weighted by atomic mass is 35.5. The summed E-state index contributed by atoms with van der Waals surface area (Å²) in [5.41, 5.74) is 0. The second-order valence-corrected chi connectivity index (χ2v) is 6.97. The minimum Gasteiger partial charge on any atom is -0.394 e. The van der Waals surface area contributed by atoms with Crippen molar-refractivity contribution in [2.45, 2.75) is 68.8 Å². The van der Waals surface area contributed by atoms with Gasteiger partial charge in [0.25, 0.3) is 0 Å². The normalized spacial score (nSPS) is 32.9. The molecule has 0 spiro atoms. The zero-order valence-electron chi connectivity index (χ0n) is 14.4. The van der Waals surface area contributed by atoms with E-state index >= 15 is 0 Å². The molecule has 4 N–H and O–H groups in total. The molecule has 1 aliphatic carbocycles. The van der Waals surface area contributed by atoms with Gasteiger partial charge in [0.2, 0.25) is 0 Å². The molecular weight excluding hydrogens is 370 g/mol. The van der Waals surface area contributed by atoms with Crippen LogP contribution in [0.2, 0.25) is 0 Å². The minimum atomic E-state index is -1.62. The first kappa shape index (κ1) is 21.3. The van der Waals surface area contributed by atoms with Gasteiger partial charge in [0.1, 0.15) is 24.4 Å². The van der Waals surface area contributed by atoms with Crippen LogP contribution >= 0.6 is 11.6 Å². The van der Waals surface area contributed by atoms with E-state index in [4.69, 9.17) is 16.3 Å². The summed E-state index contributed by atoms with van der Waals surface area (Å²) >= 11 is 5.61. The molecule has 0 aromatic heterocycles. The molecule has 5 atom stereocenters. The van der Waals surface area contributed by atoms with E-state index in [-0.39, 0.29) is 18.5 Å². The van der Waals surface area contributed by atoms with Crippen molar-refractivity contribution in [2.75, 3.05) is 19.0 Å². The van der Waals surface area contributed by atoms with Crippen molar-refractivity contribution in [1.29, 1.82) is 0 Å². The highest BCUT2D eigenvalue weighted by molar-refractivity contribution is 6.18. The van der Waals surface area contributed by atoms with E-state index in [1.54, 1.807) is 0 Å². The average Bonchev–Trinajstić information content (AvgIpc) is 2.67. The Labute approximate surface area is 156 Å². The number of alkyl halides is 1. The summed E-state index contributed by atoms with van der Waals surface area (Å²) in [4.78, 5) is 25.1. The predicted molar refractivity (Wildman–Crippen MR) is 91.1 cm³/mol. The molecule has 2 rings (SSSR count). The first-order valence-electron chi connectivity index (χ1n) is 8.75. The molecule has 0 aromatic rings. The molecule has 1 heterocycles. The van der Waals surface area contributed by atoms with Gasteiger partial charge in [0.05, 0.1) is 18.4 Å². The number of aliphatic hydroxyl groups excluding tert-OH is 4. The fourth-order valence-corrected chi connectivity index (χ4v) is 3.69. The lowest BCUT2D eigenvalue weighted by Gasteiger charge is -2.48. The Morgan fingerprint density at radius 1 is 1.12 bits per heavy atom. The van der Waals surface area contributed by atoms with Gasteiger partial charge in [-0.25, -0.2) is 4.79 Å². The summed E-state index contributed by atoms with van der Waals surface area (Å²) in [7, 11) is 0. The predicted octanol–water partition coefficient (Wildman–Crippen LogP) is -0.237. The molecule has 2 fully saturated rings. The zero-order chi connectivity index (χ0) is 19.3. The Kier molecular flexibility index (Phi) is 7.99. The Hall–Kier alpha value is -1.04. The molecular formula is C15H26ClN3O7. The zero-order valence-corrected chi connectivity index (χ0v) is 15.1. The van der Waals surface area contributed by atoms with Gasteiger partial charge in [-0.05, 0) is 12.8 Å². The molecule has 150 valence electrons. The molecule has 2 aliphatic rings. The topological polar surface area (TPSA) is 143 Å². The van der Waals surface area contributed by atoms with Crippen LogP contribution < -0.4 is 0 Å². The number of carbonyl (C=O) groups excluding carboxylic acids is 1. The molecule has 26 heavy (non-hydrogen) atoms. The van der Waals surface area contributed by atoms with Crippen LogP contribution in [0.15, 0.2) is 5.29 Å². The Morgan fingerprint density at radius 2 is 1.77 bits per heavy atom. The van der Waals surface area contributed by atoms with Crippen LogP contribution in [0.5, 0.6) is 0 Å². The number of aliphatic hydroxyl groups is 4. The summed E-state index contributed by atoms with van der Waals surface area (Å²) in [5.74, 6) is -0.00926. The number of nitroso groups, excluding NO2 is 1. The third-order valence-corrected chi connectivity index (χ3v) is 5.11. The fraction of sp³-hybridized carbons (Fsp3) is 0.933. The summed E-state index contributed by atoms with van der Waals surface area (Å²) in [6.07, 6.45) is -3.25. The number of hydrogen-bond acceptors (Lipinski definition) is 8. The molecule has 0 aromatic carbocycles. The first-order chi connectivity index (χ1) is 12.5. The van der Waals surface area contributed by atoms with Crippen LogP contribution in [0.3, 0.4) is 0 Å².